The Bertz CT molecular complexity index is 578. The van der Waals surface area contributed by atoms with Gasteiger partial charge in [-0.05, 0) is 43.9 Å². The highest BCUT2D eigenvalue weighted by Crippen LogP contribution is 2.22. The van der Waals surface area contributed by atoms with Crippen LogP contribution in [-0.4, -0.2) is 13.2 Å². The molecule has 0 aliphatic rings. The van der Waals surface area contributed by atoms with Gasteiger partial charge in [-0.3, -0.25) is 11.3 Å². The summed E-state index contributed by atoms with van der Waals surface area (Å²) in [5, 5.41) is 0. The summed E-state index contributed by atoms with van der Waals surface area (Å²) in [6.07, 6.45) is 1.74. The van der Waals surface area contributed by atoms with Gasteiger partial charge in [-0.1, -0.05) is 47.5 Å². The molecule has 0 radical (unpaired) electrons. The summed E-state index contributed by atoms with van der Waals surface area (Å²) in [6.45, 7) is 4.19. The monoisotopic (exact) mass is 284 g/mol. The first-order valence-corrected chi connectivity index (χ1v) is 7.27. The lowest BCUT2D eigenvalue weighted by Crippen LogP contribution is -2.38. The fourth-order valence-corrected chi connectivity index (χ4v) is 2.53. The largest absolute Gasteiger partial charge is 0.496 e. The molecule has 112 valence electrons. The molecule has 2 aromatic rings. The van der Waals surface area contributed by atoms with E-state index >= 15 is 0 Å². The fraction of sp³-hybridized carbons (Fsp3) is 0.333. The van der Waals surface area contributed by atoms with Crippen LogP contribution in [0.25, 0.3) is 0 Å². The average molecular weight is 284 g/mol. The zero-order chi connectivity index (χ0) is 15.2. The van der Waals surface area contributed by atoms with Gasteiger partial charge in [0.2, 0.25) is 0 Å². The van der Waals surface area contributed by atoms with Gasteiger partial charge in [-0.2, -0.15) is 0 Å². The van der Waals surface area contributed by atoms with Crippen LogP contribution in [-0.2, 0) is 12.8 Å². The van der Waals surface area contributed by atoms with Gasteiger partial charge in [0.25, 0.3) is 0 Å². The number of hydrazine groups is 1. The van der Waals surface area contributed by atoms with Crippen molar-refractivity contribution < 1.29 is 4.74 Å². The zero-order valence-corrected chi connectivity index (χ0v) is 13.0. The van der Waals surface area contributed by atoms with Crippen LogP contribution in [0.5, 0.6) is 5.75 Å². The fourth-order valence-electron chi connectivity index (χ4n) is 2.53. The van der Waals surface area contributed by atoms with E-state index in [1.54, 1.807) is 7.11 Å². The number of methoxy groups -OCH3 is 1. The third-order valence-corrected chi connectivity index (χ3v) is 3.74. The minimum Gasteiger partial charge on any atom is -0.496 e. The molecule has 0 aliphatic heterocycles. The van der Waals surface area contributed by atoms with Crippen LogP contribution in [0.4, 0.5) is 0 Å². The lowest BCUT2D eigenvalue weighted by molar-refractivity contribution is 0.404. The van der Waals surface area contributed by atoms with Crippen molar-refractivity contribution >= 4 is 0 Å². The van der Waals surface area contributed by atoms with Gasteiger partial charge in [0, 0.05) is 6.04 Å². The Morgan fingerprint density at radius 3 is 2.29 bits per heavy atom. The van der Waals surface area contributed by atoms with Gasteiger partial charge in [0.15, 0.2) is 0 Å². The molecule has 3 N–H and O–H groups in total. The maximum atomic E-state index is 5.74. The smallest absolute Gasteiger partial charge is 0.122 e. The first kappa shape index (κ1) is 15.5. The molecular weight excluding hydrogens is 260 g/mol. The molecular formula is C18H24N2O. The highest BCUT2D eigenvalue weighted by Gasteiger charge is 2.12. The number of hydrogen-bond acceptors (Lipinski definition) is 3. The number of rotatable bonds is 6. The van der Waals surface area contributed by atoms with Crippen molar-refractivity contribution in [2.45, 2.75) is 32.7 Å². The minimum absolute atomic E-state index is 0.184. The van der Waals surface area contributed by atoms with E-state index in [1.807, 2.05) is 6.07 Å². The predicted molar refractivity (Wildman–Crippen MR) is 87.4 cm³/mol. The molecule has 0 aliphatic carbocycles. The number of ether oxygens (including phenoxy) is 1. The van der Waals surface area contributed by atoms with Crippen molar-refractivity contribution in [3.8, 4) is 5.75 Å². The van der Waals surface area contributed by atoms with Gasteiger partial charge in [0.1, 0.15) is 5.75 Å². The maximum Gasteiger partial charge on any atom is 0.122 e. The first-order valence-electron chi connectivity index (χ1n) is 7.27. The van der Waals surface area contributed by atoms with E-state index in [1.165, 1.54) is 22.3 Å². The molecule has 3 heteroatoms. The Balaban J connectivity index is 2.11. The lowest BCUT2D eigenvalue weighted by Gasteiger charge is -2.18. The van der Waals surface area contributed by atoms with Crippen LogP contribution in [0.3, 0.4) is 0 Å². The van der Waals surface area contributed by atoms with E-state index < -0.39 is 0 Å². The Morgan fingerprint density at radius 2 is 1.67 bits per heavy atom. The second-order valence-electron chi connectivity index (χ2n) is 5.57. The molecule has 1 atom stereocenters. The highest BCUT2D eigenvalue weighted by molar-refractivity contribution is 5.37. The van der Waals surface area contributed by atoms with E-state index in [0.29, 0.717) is 0 Å². The van der Waals surface area contributed by atoms with Gasteiger partial charge < -0.3 is 4.74 Å². The molecule has 3 nitrogen and oxygen atoms in total. The van der Waals surface area contributed by atoms with Gasteiger partial charge in [0.05, 0.1) is 7.11 Å². The molecule has 0 saturated carbocycles. The second kappa shape index (κ2) is 7.25. The van der Waals surface area contributed by atoms with Crippen molar-refractivity contribution in [2.24, 2.45) is 5.84 Å². The first-order chi connectivity index (χ1) is 10.1. The zero-order valence-electron chi connectivity index (χ0n) is 13.0. The normalized spacial score (nSPS) is 12.2. The molecule has 21 heavy (non-hydrogen) atoms. The minimum atomic E-state index is 0.184. The number of benzene rings is 2. The van der Waals surface area contributed by atoms with E-state index in [0.717, 1.165) is 18.6 Å². The summed E-state index contributed by atoms with van der Waals surface area (Å²) < 4.78 is 5.44. The molecule has 0 fully saturated rings. The molecule has 0 aromatic heterocycles. The molecule has 0 bridgehead atoms. The van der Waals surface area contributed by atoms with Crippen molar-refractivity contribution in [2.75, 3.05) is 7.11 Å². The van der Waals surface area contributed by atoms with Crippen LogP contribution in [0.1, 0.15) is 22.3 Å². The van der Waals surface area contributed by atoms with Crippen LogP contribution >= 0.6 is 0 Å². The van der Waals surface area contributed by atoms with E-state index in [9.17, 15) is 0 Å². The molecule has 0 spiro atoms. The summed E-state index contributed by atoms with van der Waals surface area (Å²) in [4.78, 5) is 0. The van der Waals surface area contributed by atoms with E-state index in [4.69, 9.17) is 10.6 Å². The van der Waals surface area contributed by atoms with E-state index in [-0.39, 0.29) is 6.04 Å². The Morgan fingerprint density at radius 1 is 1.00 bits per heavy atom. The molecule has 0 saturated heterocycles. The van der Waals surface area contributed by atoms with E-state index in [2.05, 4.69) is 55.7 Å². The van der Waals surface area contributed by atoms with Crippen molar-refractivity contribution in [3.05, 3.63) is 64.7 Å². The van der Waals surface area contributed by atoms with Gasteiger partial charge in [-0.15, -0.1) is 0 Å². The summed E-state index contributed by atoms with van der Waals surface area (Å²) in [5.74, 6) is 6.66. The summed E-state index contributed by atoms with van der Waals surface area (Å²) in [5.41, 5.74) is 7.91. The molecule has 1 unspecified atom stereocenters. The summed E-state index contributed by atoms with van der Waals surface area (Å²) >= 11 is 0. The highest BCUT2D eigenvalue weighted by atomic mass is 16.5. The third-order valence-electron chi connectivity index (χ3n) is 3.74. The second-order valence-corrected chi connectivity index (χ2v) is 5.57. The SMILES string of the molecule is COc1ccc(C)cc1CC(Cc1ccc(C)cc1)NN. The van der Waals surface area contributed by atoms with Crippen LogP contribution in [0.15, 0.2) is 42.5 Å². The average Bonchev–Trinajstić information content (AvgIpc) is 2.49. The lowest BCUT2D eigenvalue weighted by atomic mass is 9.97. The van der Waals surface area contributed by atoms with Crippen molar-refractivity contribution in [1.82, 2.24) is 5.43 Å². The molecule has 0 amide bonds. The van der Waals surface area contributed by atoms with Crippen LogP contribution < -0.4 is 16.0 Å². The van der Waals surface area contributed by atoms with Gasteiger partial charge in [-0.25, -0.2) is 0 Å². The molecule has 0 heterocycles. The predicted octanol–water partition coefficient (Wildman–Crippen LogP) is 2.93. The third kappa shape index (κ3) is 4.31. The summed E-state index contributed by atoms with van der Waals surface area (Å²) in [7, 11) is 1.71. The maximum absolute atomic E-state index is 5.74. The van der Waals surface area contributed by atoms with Crippen LogP contribution in [0.2, 0.25) is 0 Å². The number of nitrogens with two attached hydrogens (primary N) is 1. The Labute approximate surface area is 127 Å². The molecule has 2 rings (SSSR count). The Kier molecular flexibility index (Phi) is 5.37. The number of nitrogens with one attached hydrogen (secondary N) is 1. The molecule has 2 aromatic carbocycles. The number of hydrogen-bond donors (Lipinski definition) is 2. The standard InChI is InChI=1S/C18H24N2O/c1-13-4-7-15(8-5-13)11-17(20-19)12-16-10-14(2)6-9-18(16)21-3/h4-10,17,20H,11-12,19H2,1-3H3. The van der Waals surface area contributed by atoms with Crippen molar-refractivity contribution in [3.63, 3.8) is 0 Å². The van der Waals surface area contributed by atoms with Gasteiger partial charge >= 0.3 is 0 Å². The number of aryl methyl sites for hydroxylation is 2. The van der Waals surface area contributed by atoms with Crippen molar-refractivity contribution in [1.29, 1.82) is 0 Å². The Hall–Kier alpha value is -1.84. The topological polar surface area (TPSA) is 47.3 Å². The quantitative estimate of drug-likeness (QED) is 0.633. The summed E-state index contributed by atoms with van der Waals surface area (Å²) in [6, 6.07) is 15.0. The van der Waals surface area contributed by atoms with Crippen LogP contribution in [0, 0.1) is 13.8 Å².